The molecule has 0 amide bonds. The van der Waals surface area contributed by atoms with Crippen molar-refractivity contribution in [3.05, 3.63) is 59.2 Å². The Morgan fingerprint density at radius 1 is 0.939 bits per heavy atom. The third-order valence-corrected chi connectivity index (χ3v) is 8.35. The lowest BCUT2D eigenvalue weighted by atomic mass is 9.64. The van der Waals surface area contributed by atoms with E-state index in [-0.39, 0.29) is 30.4 Å². The van der Waals surface area contributed by atoms with Gasteiger partial charge in [-0.1, -0.05) is 18.2 Å². The first-order chi connectivity index (χ1) is 15.9. The van der Waals surface area contributed by atoms with Crippen molar-refractivity contribution in [2.75, 3.05) is 18.0 Å². The molecule has 0 unspecified atom stereocenters. The molecule has 0 bridgehead atoms. The van der Waals surface area contributed by atoms with Crippen LogP contribution in [0.3, 0.4) is 0 Å². The maximum absolute atomic E-state index is 13.9. The van der Waals surface area contributed by atoms with Gasteiger partial charge in [0.05, 0.1) is 0 Å². The fraction of sp³-hybridized carbons (Fsp3) is 0.536. The van der Waals surface area contributed by atoms with E-state index < -0.39 is 5.92 Å². The second-order valence-corrected chi connectivity index (χ2v) is 10.3. The number of nitrogens with zero attached hydrogens (tertiary/aromatic N) is 1. The molecule has 0 spiro atoms. The summed E-state index contributed by atoms with van der Waals surface area (Å²) >= 11 is 0. The molecule has 1 aliphatic heterocycles. The fourth-order valence-electron chi connectivity index (χ4n) is 6.44. The lowest BCUT2D eigenvalue weighted by Gasteiger charge is -2.42. The highest BCUT2D eigenvalue weighted by molar-refractivity contribution is 5.56. The van der Waals surface area contributed by atoms with Crippen LogP contribution in [0, 0.1) is 17.8 Å². The molecule has 0 aromatic heterocycles. The van der Waals surface area contributed by atoms with Crippen molar-refractivity contribution in [2.24, 2.45) is 17.8 Å². The summed E-state index contributed by atoms with van der Waals surface area (Å²) in [5.74, 6) is -1.23. The number of carbonyl (C=O) groups excluding carboxylic acids is 1. The second-order valence-electron chi connectivity index (χ2n) is 10.3. The lowest BCUT2D eigenvalue weighted by Crippen LogP contribution is -2.34. The number of aldehydes is 1. The molecular formula is C28H33F2NO2. The van der Waals surface area contributed by atoms with Crippen molar-refractivity contribution >= 4 is 12.0 Å². The number of hydrogen-bond donors (Lipinski definition) is 1. The normalized spacial score (nSPS) is 26.1. The standard InChI is InChI=1S/C28H33F2NO2/c29-28(30)13-9-20(10-14-28)25-7-3-22-17-24(33)6-8-26(22)27(25)21-1-4-23(5-2-21)31-15-11-19(18-32)12-16-31/h1-2,4-6,8,17-20,25,27,33H,3,7,9-16H2/t25-,27+/m1/s1. The molecule has 3 nitrogen and oxygen atoms in total. The van der Waals surface area contributed by atoms with Crippen LogP contribution in [-0.4, -0.2) is 30.4 Å². The number of hydrogen-bond acceptors (Lipinski definition) is 3. The highest BCUT2D eigenvalue weighted by Gasteiger charge is 2.42. The summed E-state index contributed by atoms with van der Waals surface area (Å²) in [6, 6.07) is 14.4. The molecule has 5 rings (SSSR count). The molecular weight excluding hydrogens is 420 g/mol. The number of aryl methyl sites for hydroxylation is 1. The van der Waals surface area contributed by atoms with Gasteiger partial charge >= 0.3 is 0 Å². The Labute approximate surface area is 194 Å². The summed E-state index contributed by atoms with van der Waals surface area (Å²) in [6.07, 6.45) is 5.92. The van der Waals surface area contributed by atoms with Crippen LogP contribution in [0.5, 0.6) is 5.75 Å². The predicted molar refractivity (Wildman–Crippen MR) is 126 cm³/mol. The van der Waals surface area contributed by atoms with E-state index in [1.54, 1.807) is 6.07 Å². The zero-order chi connectivity index (χ0) is 23.0. The summed E-state index contributed by atoms with van der Waals surface area (Å²) in [7, 11) is 0. The smallest absolute Gasteiger partial charge is 0.248 e. The molecule has 1 saturated carbocycles. The Bertz CT molecular complexity index is 972. The number of rotatable bonds is 4. The number of halogens is 2. The Balaban J connectivity index is 1.42. The molecule has 1 saturated heterocycles. The number of alkyl halides is 2. The monoisotopic (exact) mass is 453 g/mol. The van der Waals surface area contributed by atoms with Crippen molar-refractivity contribution in [1.29, 1.82) is 0 Å². The van der Waals surface area contributed by atoms with Gasteiger partial charge in [0.25, 0.3) is 0 Å². The third-order valence-electron chi connectivity index (χ3n) is 8.35. The molecule has 33 heavy (non-hydrogen) atoms. The molecule has 2 aromatic rings. The summed E-state index contributed by atoms with van der Waals surface area (Å²) in [5.41, 5.74) is 4.83. The SMILES string of the molecule is O=CC1CCN(c2ccc([C@@H]3c4ccc(O)cc4CC[C@@H]3C3CCC(F)(F)CC3)cc2)CC1. The first-order valence-electron chi connectivity index (χ1n) is 12.4. The van der Waals surface area contributed by atoms with Gasteiger partial charge in [0, 0.05) is 43.5 Å². The molecule has 2 atom stereocenters. The molecule has 176 valence electrons. The van der Waals surface area contributed by atoms with Crippen LogP contribution < -0.4 is 4.90 Å². The molecule has 0 radical (unpaired) electrons. The molecule has 2 fully saturated rings. The zero-order valence-corrected chi connectivity index (χ0v) is 19.1. The van der Waals surface area contributed by atoms with Crippen molar-refractivity contribution in [3.8, 4) is 5.75 Å². The number of carbonyl (C=O) groups is 1. The Hall–Kier alpha value is -2.43. The van der Waals surface area contributed by atoms with Gasteiger partial charge in [-0.3, -0.25) is 0 Å². The van der Waals surface area contributed by atoms with E-state index >= 15 is 0 Å². The van der Waals surface area contributed by atoms with Gasteiger partial charge in [-0.15, -0.1) is 0 Å². The van der Waals surface area contributed by atoms with Gasteiger partial charge in [0.1, 0.15) is 12.0 Å². The van der Waals surface area contributed by atoms with Crippen LogP contribution in [0.25, 0.3) is 0 Å². The topological polar surface area (TPSA) is 40.5 Å². The molecule has 2 aromatic carbocycles. The summed E-state index contributed by atoms with van der Waals surface area (Å²) in [6.45, 7) is 1.79. The van der Waals surface area contributed by atoms with Crippen molar-refractivity contribution in [2.45, 2.75) is 63.2 Å². The number of anilines is 1. The molecule has 5 heteroatoms. The number of benzene rings is 2. The first kappa shape index (κ1) is 22.4. The molecule has 2 aliphatic carbocycles. The van der Waals surface area contributed by atoms with Gasteiger partial charge in [0.2, 0.25) is 5.92 Å². The highest BCUT2D eigenvalue weighted by Crippen LogP contribution is 2.50. The Morgan fingerprint density at radius 3 is 2.30 bits per heavy atom. The zero-order valence-electron chi connectivity index (χ0n) is 19.1. The van der Waals surface area contributed by atoms with E-state index in [0.29, 0.717) is 24.7 Å². The predicted octanol–water partition coefficient (Wildman–Crippen LogP) is 6.33. The molecule has 1 N–H and O–H groups in total. The van der Waals surface area contributed by atoms with Crippen molar-refractivity contribution in [1.82, 2.24) is 0 Å². The summed E-state index contributed by atoms with van der Waals surface area (Å²) in [4.78, 5) is 13.4. The first-order valence-corrected chi connectivity index (χ1v) is 12.4. The minimum absolute atomic E-state index is 0.000990. The average Bonchev–Trinajstić information content (AvgIpc) is 2.83. The van der Waals surface area contributed by atoms with Crippen molar-refractivity contribution < 1.29 is 18.7 Å². The van der Waals surface area contributed by atoms with Gasteiger partial charge in [-0.25, -0.2) is 8.78 Å². The highest BCUT2D eigenvalue weighted by atomic mass is 19.3. The van der Waals surface area contributed by atoms with Crippen molar-refractivity contribution in [3.63, 3.8) is 0 Å². The minimum Gasteiger partial charge on any atom is -0.508 e. The van der Waals surface area contributed by atoms with E-state index in [0.717, 1.165) is 45.1 Å². The lowest BCUT2D eigenvalue weighted by molar-refractivity contribution is -0.111. The van der Waals surface area contributed by atoms with E-state index in [2.05, 4.69) is 29.2 Å². The maximum Gasteiger partial charge on any atom is 0.248 e. The number of aromatic hydroxyl groups is 1. The molecule has 3 aliphatic rings. The van der Waals surface area contributed by atoms with Crippen LogP contribution in [0.1, 0.15) is 67.6 Å². The van der Waals surface area contributed by atoms with E-state index in [9.17, 15) is 18.7 Å². The number of piperidine rings is 1. The maximum atomic E-state index is 13.9. The Kier molecular flexibility index (Phi) is 6.15. The van der Waals surface area contributed by atoms with E-state index in [1.165, 1.54) is 22.4 Å². The number of phenols is 1. The third kappa shape index (κ3) is 4.64. The van der Waals surface area contributed by atoms with E-state index in [4.69, 9.17) is 0 Å². The van der Waals surface area contributed by atoms with Gasteiger partial charge < -0.3 is 14.8 Å². The molecule has 1 heterocycles. The number of fused-ring (bicyclic) bond motifs is 1. The van der Waals surface area contributed by atoms with Gasteiger partial charge in [0.15, 0.2) is 0 Å². The fourth-order valence-corrected chi connectivity index (χ4v) is 6.44. The van der Waals surface area contributed by atoms with Crippen LogP contribution in [0.15, 0.2) is 42.5 Å². The minimum atomic E-state index is -2.51. The quantitative estimate of drug-likeness (QED) is 0.550. The largest absolute Gasteiger partial charge is 0.508 e. The van der Waals surface area contributed by atoms with E-state index in [1.807, 2.05) is 12.1 Å². The van der Waals surface area contributed by atoms with Crippen LogP contribution in [0.2, 0.25) is 0 Å². The Morgan fingerprint density at radius 2 is 1.64 bits per heavy atom. The summed E-state index contributed by atoms with van der Waals surface area (Å²) in [5, 5.41) is 10.0. The van der Waals surface area contributed by atoms with Crippen LogP contribution in [0.4, 0.5) is 14.5 Å². The average molecular weight is 454 g/mol. The number of phenolic OH excluding ortho intramolecular Hbond substituents is 1. The van der Waals surface area contributed by atoms with Crippen LogP contribution in [-0.2, 0) is 11.2 Å². The van der Waals surface area contributed by atoms with Crippen LogP contribution >= 0.6 is 0 Å². The van der Waals surface area contributed by atoms with Gasteiger partial charge in [-0.05, 0) is 91.3 Å². The summed E-state index contributed by atoms with van der Waals surface area (Å²) < 4.78 is 27.7. The van der Waals surface area contributed by atoms with Gasteiger partial charge in [-0.2, -0.15) is 0 Å². The second kappa shape index (κ2) is 9.08.